The Morgan fingerprint density at radius 3 is 1.83 bits per heavy atom. The van der Waals surface area contributed by atoms with Gasteiger partial charge in [-0.1, -0.05) is 72.8 Å². The second kappa shape index (κ2) is 10.1. The number of rotatable bonds is 8. The standard InChI is InChI=1S/C26H29NO2/c1-20(28)25(21-10-6-4-7-11-21)26(22-12-8-5-9-13-22)23-14-16-24(17-15-23)29-19-18-27(2)3/h4-17,20,28H,18-19H2,1-3H3/b26-25-/t20-/m0/s1. The first-order chi connectivity index (χ1) is 14.1. The largest absolute Gasteiger partial charge is 0.492 e. The highest BCUT2D eigenvalue weighted by molar-refractivity contribution is 5.99. The molecule has 29 heavy (non-hydrogen) atoms. The topological polar surface area (TPSA) is 32.7 Å². The van der Waals surface area contributed by atoms with Gasteiger partial charge in [0, 0.05) is 6.54 Å². The molecular formula is C26H29NO2. The second-order valence-corrected chi connectivity index (χ2v) is 7.37. The first kappa shape index (κ1) is 20.8. The monoisotopic (exact) mass is 387 g/mol. The lowest BCUT2D eigenvalue weighted by molar-refractivity contribution is 0.253. The summed E-state index contributed by atoms with van der Waals surface area (Å²) >= 11 is 0. The molecule has 0 aliphatic rings. The van der Waals surface area contributed by atoms with E-state index in [4.69, 9.17) is 4.74 Å². The number of likely N-dealkylation sites (N-methyl/N-ethyl adjacent to an activating group) is 1. The fraction of sp³-hybridized carbons (Fsp3) is 0.231. The van der Waals surface area contributed by atoms with E-state index in [0.29, 0.717) is 6.61 Å². The van der Waals surface area contributed by atoms with Gasteiger partial charge in [0.25, 0.3) is 0 Å². The summed E-state index contributed by atoms with van der Waals surface area (Å²) in [5.74, 6) is 0.848. The number of hydrogen-bond donors (Lipinski definition) is 1. The summed E-state index contributed by atoms with van der Waals surface area (Å²) in [5.41, 5.74) is 5.10. The van der Waals surface area contributed by atoms with Gasteiger partial charge in [-0.2, -0.15) is 0 Å². The molecule has 3 nitrogen and oxygen atoms in total. The third-order valence-electron chi connectivity index (χ3n) is 4.78. The highest BCUT2D eigenvalue weighted by Crippen LogP contribution is 2.35. The van der Waals surface area contributed by atoms with Gasteiger partial charge in [-0.05, 0) is 61.0 Å². The van der Waals surface area contributed by atoms with E-state index in [9.17, 15) is 5.11 Å². The lowest BCUT2D eigenvalue weighted by Gasteiger charge is -2.20. The number of aliphatic hydroxyl groups is 1. The van der Waals surface area contributed by atoms with Crippen LogP contribution in [0.25, 0.3) is 11.1 Å². The Morgan fingerprint density at radius 1 is 0.793 bits per heavy atom. The molecule has 3 heteroatoms. The van der Waals surface area contributed by atoms with Gasteiger partial charge in [0.15, 0.2) is 0 Å². The minimum atomic E-state index is -0.608. The predicted octanol–water partition coefficient (Wildman–Crippen LogP) is 4.97. The molecule has 0 heterocycles. The molecular weight excluding hydrogens is 358 g/mol. The van der Waals surface area contributed by atoms with Crippen molar-refractivity contribution in [2.24, 2.45) is 0 Å². The minimum Gasteiger partial charge on any atom is -0.492 e. The van der Waals surface area contributed by atoms with Crippen LogP contribution in [-0.4, -0.2) is 43.4 Å². The van der Waals surface area contributed by atoms with Crippen LogP contribution >= 0.6 is 0 Å². The maximum atomic E-state index is 10.7. The Morgan fingerprint density at radius 2 is 1.31 bits per heavy atom. The summed E-state index contributed by atoms with van der Waals surface area (Å²) in [6, 6.07) is 28.5. The molecule has 3 rings (SSSR count). The molecule has 0 aromatic heterocycles. The van der Waals surface area contributed by atoms with Crippen LogP contribution in [0.3, 0.4) is 0 Å². The third kappa shape index (κ3) is 5.57. The molecule has 0 spiro atoms. The van der Waals surface area contributed by atoms with Crippen molar-refractivity contribution >= 4 is 11.1 Å². The first-order valence-corrected chi connectivity index (χ1v) is 9.97. The van der Waals surface area contributed by atoms with Crippen LogP contribution in [0.4, 0.5) is 0 Å². The molecule has 0 amide bonds. The van der Waals surface area contributed by atoms with Gasteiger partial charge in [0.2, 0.25) is 0 Å². The Labute approximate surface area is 173 Å². The Bertz CT molecular complexity index is 914. The Hall–Kier alpha value is -2.88. The third-order valence-corrected chi connectivity index (χ3v) is 4.78. The van der Waals surface area contributed by atoms with Crippen molar-refractivity contribution in [2.45, 2.75) is 13.0 Å². The molecule has 1 N–H and O–H groups in total. The zero-order valence-corrected chi connectivity index (χ0v) is 17.4. The predicted molar refractivity (Wildman–Crippen MR) is 121 cm³/mol. The van der Waals surface area contributed by atoms with E-state index in [0.717, 1.165) is 40.1 Å². The molecule has 0 unspecified atom stereocenters. The Kier molecular flexibility index (Phi) is 7.23. The first-order valence-electron chi connectivity index (χ1n) is 9.97. The average molecular weight is 388 g/mol. The van der Waals surface area contributed by atoms with E-state index in [-0.39, 0.29) is 0 Å². The number of ether oxygens (including phenoxy) is 1. The van der Waals surface area contributed by atoms with Gasteiger partial charge in [-0.15, -0.1) is 0 Å². The van der Waals surface area contributed by atoms with Crippen LogP contribution in [0.1, 0.15) is 23.6 Å². The smallest absolute Gasteiger partial charge is 0.119 e. The van der Waals surface area contributed by atoms with Crippen molar-refractivity contribution in [3.05, 3.63) is 102 Å². The number of benzene rings is 3. The maximum absolute atomic E-state index is 10.7. The van der Waals surface area contributed by atoms with Crippen molar-refractivity contribution in [2.75, 3.05) is 27.2 Å². The molecule has 150 valence electrons. The highest BCUT2D eigenvalue weighted by atomic mass is 16.5. The van der Waals surface area contributed by atoms with Crippen molar-refractivity contribution in [3.63, 3.8) is 0 Å². The molecule has 3 aromatic carbocycles. The van der Waals surface area contributed by atoms with E-state index >= 15 is 0 Å². The van der Waals surface area contributed by atoms with Crippen molar-refractivity contribution in [1.82, 2.24) is 4.90 Å². The van der Waals surface area contributed by atoms with Crippen LogP contribution in [0.15, 0.2) is 84.9 Å². The average Bonchev–Trinajstić information content (AvgIpc) is 2.73. The summed E-state index contributed by atoms with van der Waals surface area (Å²) in [5, 5.41) is 10.7. The molecule has 0 radical (unpaired) electrons. The maximum Gasteiger partial charge on any atom is 0.119 e. The lowest BCUT2D eigenvalue weighted by atomic mass is 9.87. The molecule has 1 atom stereocenters. The zero-order valence-electron chi connectivity index (χ0n) is 17.4. The fourth-order valence-electron chi connectivity index (χ4n) is 3.36. The van der Waals surface area contributed by atoms with Crippen molar-refractivity contribution in [3.8, 4) is 5.75 Å². The van der Waals surface area contributed by atoms with Crippen LogP contribution in [0, 0.1) is 0 Å². The van der Waals surface area contributed by atoms with E-state index in [1.165, 1.54) is 0 Å². The van der Waals surface area contributed by atoms with Crippen LogP contribution in [0.5, 0.6) is 5.75 Å². The number of nitrogens with zero attached hydrogens (tertiary/aromatic N) is 1. The SMILES string of the molecule is C[C@H](O)/C(=C(\c1ccccc1)c1ccc(OCCN(C)C)cc1)c1ccccc1. The Balaban J connectivity index is 2.05. The number of aliphatic hydroxyl groups excluding tert-OH is 1. The normalized spacial score (nSPS) is 13.1. The molecule has 0 saturated carbocycles. The van der Waals surface area contributed by atoms with Crippen molar-refractivity contribution in [1.29, 1.82) is 0 Å². The molecule has 0 saturated heterocycles. The van der Waals surface area contributed by atoms with Gasteiger partial charge in [0.1, 0.15) is 12.4 Å². The number of hydrogen-bond acceptors (Lipinski definition) is 3. The van der Waals surface area contributed by atoms with Gasteiger partial charge in [0.05, 0.1) is 6.10 Å². The second-order valence-electron chi connectivity index (χ2n) is 7.37. The summed E-state index contributed by atoms with van der Waals surface area (Å²) in [6.07, 6.45) is -0.608. The fourth-order valence-corrected chi connectivity index (χ4v) is 3.36. The van der Waals surface area contributed by atoms with Gasteiger partial charge in [-0.25, -0.2) is 0 Å². The van der Waals surface area contributed by atoms with Crippen LogP contribution in [-0.2, 0) is 0 Å². The molecule has 0 aliphatic carbocycles. The zero-order chi connectivity index (χ0) is 20.6. The molecule has 0 fully saturated rings. The van der Waals surface area contributed by atoms with E-state index in [1.54, 1.807) is 0 Å². The highest BCUT2D eigenvalue weighted by Gasteiger charge is 2.17. The van der Waals surface area contributed by atoms with Crippen LogP contribution in [0.2, 0.25) is 0 Å². The summed E-state index contributed by atoms with van der Waals surface area (Å²) in [4.78, 5) is 2.10. The van der Waals surface area contributed by atoms with E-state index in [2.05, 4.69) is 29.2 Å². The van der Waals surface area contributed by atoms with Crippen LogP contribution < -0.4 is 4.74 Å². The van der Waals surface area contributed by atoms with E-state index < -0.39 is 6.10 Å². The van der Waals surface area contributed by atoms with Gasteiger partial charge in [-0.3, -0.25) is 0 Å². The minimum absolute atomic E-state index is 0.608. The molecule has 3 aromatic rings. The van der Waals surface area contributed by atoms with Gasteiger partial charge < -0.3 is 14.7 Å². The summed E-state index contributed by atoms with van der Waals surface area (Å²) in [7, 11) is 4.06. The molecule has 0 bridgehead atoms. The van der Waals surface area contributed by atoms with Gasteiger partial charge >= 0.3 is 0 Å². The molecule has 0 aliphatic heterocycles. The summed E-state index contributed by atoms with van der Waals surface area (Å²) < 4.78 is 5.84. The quantitative estimate of drug-likeness (QED) is 0.554. The van der Waals surface area contributed by atoms with E-state index in [1.807, 2.05) is 81.7 Å². The lowest BCUT2D eigenvalue weighted by Crippen LogP contribution is -2.19. The summed E-state index contributed by atoms with van der Waals surface area (Å²) in [6.45, 7) is 3.35. The van der Waals surface area contributed by atoms with Crippen molar-refractivity contribution < 1.29 is 9.84 Å².